The quantitative estimate of drug-likeness (QED) is 0.426. The Bertz CT molecular complexity index is 648. The maximum Gasteiger partial charge on any atom is 2.00 e. The largest absolute Gasteiger partial charge is 2.00 e. The molecular formula is C21H30N2OSSr. The van der Waals surface area contributed by atoms with Crippen LogP contribution in [-0.2, 0) is 19.0 Å². The van der Waals surface area contributed by atoms with Crippen LogP contribution in [0, 0.1) is 6.42 Å². The third-order valence-electron chi connectivity index (χ3n) is 5.33. The maximum atomic E-state index is 6.24. The summed E-state index contributed by atoms with van der Waals surface area (Å²) in [5, 5.41) is 1.33. The van der Waals surface area contributed by atoms with Gasteiger partial charge in [0.25, 0.3) is 0 Å². The molecule has 0 atom stereocenters. The first-order chi connectivity index (χ1) is 12.4. The van der Waals surface area contributed by atoms with E-state index in [1.807, 2.05) is 0 Å². The third kappa shape index (κ3) is 6.18. The second-order valence-electron chi connectivity index (χ2n) is 7.03. The van der Waals surface area contributed by atoms with Crippen LogP contribution in [0.5, 0.6) is 5.75 Å². The van der Waals surface area contributed by atoms with E-state index in [1.165, 1.54) is 61.5 Å². The van der Waals surface area contributed by atoms with E-state index in [1.54, 1.807) is 6.26 Å². The van der Waals surface area contributed by atoms with Crippen LogP contribution in [0.15, 0.2) is 24.4 Å². The molecule has 2 aliphatic rings. The molecule has 1 saturated carbocycles. The van der Waals surface area contributed by atoms with E-state index in [2.05, 4.69) is 53.3 Å². The average Bonchev–Trinajstić information content (AvgIpc) is 3.32. The molecule has 26 heavy (non-hydrogen) atoms. The van der Waals surface area contributed by atoms with E-state index in [-0.39, 0.29) is 45.5 Å². The number of ether oxygens (including phenoxy) is 1. The molecule has 1 aliphatic heterocycles. The molecule has 0 spiro atoms. The van der Waals surface area contributed by atoms with Gasteiger partial charge in [-0.2, -0.15) is 12.7 Å². The van der Waals surface area contributed by atoms with E-state index in [0.29, 0.717) is 6.10 Å². The van der Waals surface area contributed by atoms with Gasteiger partial charge in [-0.15, -0.1) is 6.54 Å². The number of aromatic nitrogens is 1. The number of fused-ring (bicyclic) bond motifs is 1. The Hall–Kier alpha value is 0.351. The molecule has 5 heteroatoms. The molecule has 1 N–H and O–H groups in total. The molecule has 4 rings (SSSR count). The van der Waals surface area contributed by atoms with Crippen molar-refractivity contribution < 1.29 is 4.74 Å². The second kappa shape index (κ2) is 12.0. The minimum absolute atomic E-state index is 0. The number of nitrogens with one attached hydrogen (secondary N) is 1. The maximum absolute atomic E-state index is 6.24. The first-order valence-electron chi connectivity index (χ1n) is 9.60. The summed E-state index contributed by atoms with van der Waals surface area (Å²) in [7, 11) is 0. The predicted molar refractivity (Wildman–Crippen MR) is 114 cm³/mol. The first kappa shape index (κ1) is 22.6. The number of benzene rings is 1. The fourth-order valence-corrected chi connectivity index (χ4v) is 3.93. The molecule has 1 aliphatic carbocycles. The number of likely N-dealkylation sites (tertiary alicyclic amines) is 1. The van der Waals surface area contributed by atoms with Gasteiger partial charge in [-0.05, 0) is 69.0 Å². The zero-order valence-electron chi connectivity index (χ0n) is 16.0. The van der Waals surface area contributed by atoms with Gasteiger partial charge in [0.15, 0.2) is 0 Å². The van der Waals surface area contributed by atoms with Crippen LogP contribution in [0.25, 0.3) is 10.9 Å². The Morgan fingerprint density at radius 1 is 1.23 bits per heavy atom. The summed E-state index contributed by atoms with van der Waals surface area (Å²) in [6.45, 7) is 3.52. The van der Waals surface area contributed by atoms with Gasteiger partial charge in [0, 0.05) is 17.1 Å². The summed E-state index contributed by atoms with van der Waals surface area (Å²) < 4.78 is 6.24. The zero-order chi connectivity index (χ0) is 17.5. The third-order valence-corrected chi connectivity index (χ3v) is 5.33. The summed E-state index contributed by atoms with van der Waals surface area (Å²) in [4.78, 5) is 5.94. The van der Waals surface area contributed by atoms with Gasteiger partial charge in [0.1, 0.15) is 5.75 Å². The summed E-state index contributed by atoms with van der Waals surface area (Å²) in [6.07, 6.45) is 15.3. The van der Waals surface area contributed by atoms with Gasteiger partial charge in [0.05, 0.1) is 6.10 Å². The van der Waals surface area contributed by atoms with Crippen molar-refractivity contribution in [3.63, 3.8) is 0 Å². The monoisotopic (exact) mass is 446 g/mol. The minimum atomic E-state index is 0. The molecule has 2 aromatic rings. The Morgan fingerprint density at radius 2 is 2.04 bits per heavy atom. The van der Waals surface area contributed by atoms with Crippen molar-refractivity contribution in [2.45, 2.75) is 51.0 Å². The van der Waals surface area contributed by atoms with Crippen LogP contribution in [0.1, 0.15) is 44.1 Å². The van der Waals surface area contributed by atoms with E-state index in [9.17, 15) is 0 Å². The summed E-state index contributed by atoms with van der Waals surface area (Å²) in [5.74, 6) is 1.04. The SMILES string of the molecule is C[S-].[Sr+2].c1cc2[nH]cc(CCN3C[CH-]CC3)c2cc1OC1CCCCC1. The standard InChI is InChI=1S/C20H27N2O.CH4S.Sr/c1-2-6-17(7-3-1)23-18-8-9-20-19(14-18)16(15-21-20)10-13-22-11-4-5-12-22;1-2;/h4,8-9,14-15,17,21H,1-3,5-7,10-13H2;2H,1H3;/q-1;;+2/p-1. The topological polar surface area (TPSA) is 28.3 Å². The second-order valence-corrected chi connectivity index (χ2v) is 7.03. The van der Waals surface area contributed by atoms with Crippen molar-refractivity contribution in [1.82, 2.24) is 9.88 Å². The van der Waals surface area contributed by atoms with Crippen molar-refractivity contribution in [3.05, 3.63) is 36.4 Å². The number of aromatic amines is 1. The van der Waals surface area contributed by atoms with E-state index >= 15 is 0 Å². The Kier molecular flexibility index (Phi) is 10.5. The van der Waals surface area contributed by atoms with Gasteiger partial charge < -0.3 is 33.7 Å². The van der Waals surface area contributed by atoms with E-state index in [4.69, 9.17) is 4.74 Å². The Labute approximate surface area is 200 Å². The molecule has 2 heterocycles. The first-order valence-corrected chi connectivity index (χ1v) is 10.4. The minimum Gasteiger partial charge on any atom is -0.796 e. The molecule has 0 amide bonds. The Balaban J connectivity index is 0.000000784. The Morgan fingerprint density at radius 3 is 2.77 bits per heavy atom. The summed E-state index contributed by atoms with van der Waals surface area (Å²) in [6, 6.07) is 6.53. The van der Waals surface area contributed by atoms with Crippen molar-refractivity contribution in [2.75, 3.05) is 25.9 Å². The molecule has 1 aromatic carbocycles. The fourth-order valence-electron chi connectivity index (χ4n) is 3.93. The smallest absolute Gasteiger partial charge is 0.796 e. The number of rotatable bonds is 5. The zero-order valence-corrected chi connectivity index (χ0v) is 20.3. The van der Waals surface area contributed by atoms with Crippen molar-refractivity contribution >= 4 is 69.0 Å². The van der Waals surface area contributed by atoms with Crippen LogP contribution < -0.4 is 4.74 Å². The molecule has 0 unspecified atom stereocenters. The molecule has 1 saturated heterocycles. The van der Waals surface area contributed by atoms with Crippen LogP contribution in [0.2, 0.25) is 0 Å². The molecule has 1 aromatic heterocycles. The summed E-state index contributed by atoms with van der Waals surface area (Å²) in [5.41, 5.74) is 2.64. The molecule has 0 bridgehead atoms. The predicted octanol–water partition coefficient (Wildman–Crippen LogP) is 4.11. The van der Waals surface area contributed by atoms with Crippen LogP contribution >= 0.6 is 0 Å². The van der Waals surface area contributed by atoms with Gasteiger partial charge in [0.2, 0.25) is 0 Å². The van der Waals surface area contributed by atoms with Crippen LogP contribution in [0.4, 0.5) is 0 Å². The molecule has 0 radical (unpaired) electrons. The van der Waals surface area contributed by atoms with Gasteiger partial charge in [-0.1, -0.05) is 6.42 Å². The van der Waals surface area contributed by atoms with E-state index < -0.39 is 0 Å². The number of hydrogen-bond donors (Lipinski definition) is 1. The van der Waals surface area contributed by atoms with Gasteiger partial charge in [-0.3, -0.25) is 0 Å². The number of hydrogen-bond acceptors (Lipinski definition) is 3. The van der Waals surface area contributed by atoms with E-state index in [0.717, 1.165) is 25.3 Å². The molecule has 2 fully saturated rings. The van der Waals surface area contributed by atoms with Gasteiger partial charge in [-0.25, -0.2) is 0 Å². The normalized spacial score (nSPS) is 18.2. The summed E-state index contributed by atoms with van der Waals surface area (Å²) >= 11 is 4.08. The fraction of sp³-hybridized carbons (Fsp3) is 0.571. The van der Waals surface area contributed by atoms with Crippen molar-refractivity contribution in [2.24, 2.45) is 0 Å². The number of nitrogens with zero attached hydrogens (tertiary/aromatic N) is 1. The number of H-pyrrole nitrogens is 1. The molecular weight excluding hydrogens is 416 g/mol. The van der Waals surface area contributed by atoms with Gasteiger partial charge >= 0.3 is 45.5 Å². The van der Waals surface area contributed by atoms with Crippen LogP contribution in [0.3, 0.4) is 0 Å². The molecule has 3 nitrogen and oxygen atoms in total. The van der Waals surface area contributed by atoms with Crippen molar-refractivity contribution in [3.8, 4) is 5.75 Å². The van der Waals surface area contributed by atoms with Crippen molar-refractivity contribution in [1.29, 1.82) is 0 Å². The average molecular weight is 446 g/mol. The van der Waals surface area contributed by atoms with Crippen LogP contribution in [-0.4, -0.2) is 87.4 Å². The molecule has 138 valence electrons.